The average Bonchev–Trinajstić information content (AvgIpc) is 2.34. The van der Waals surface area contributed by atoms with E-state index in [1.165, 1.54) is 11.5 Å². The highest BCUT2D eigenvalue weighted by Gasteiger charge is 2.03. The summed E-state index contributed by atoms with van der Waals surface area (Å²) in [7, 11) is 0. The Kier molecular flexibility index (Phi) is 1.25. The monoisotopic (exact) mass is 166 g/mol. The van der Waals surface area contributed by atoms with E-state index in [-0.39, 0.29) is 0 Å². The quantitative estimate of drug-likeness (QED) is 0.633. The molecule has 2 rings (SSSR count). The van der Waals surface area contributed by atoms with Gasteiger partial charge in [0.25, 0.3) is 0 Å². The summed E-state index contributed by atoms with van der Waals surface area (Å²) >= 11 is 1.34. The molecule has 5 heteroatoms. The molecule has 0 fully saturated rings. The van der Waals surface area contributed by atoms with Crippen molar-refractivity contribution in [1.29, 1.82) is 0 Å². The van der Waals surface area contributed by atoms with Crippen molar-refractivity contribution in [2.24, 2.45) is 0 Å². The van der Waals surface area contributed by atoms with Crippen molar-refractivity contribution < 1.29 is 0 Å². The van der Waals surface area contributed by atoms with Crippen LogP contribution in [0.1, 0.15) is 5.56 Å². The van der Waals surface area contributed by atoms with Gasteiger partial charge in [0.15, 0.2) is 5.65 Å². The van der Waals surface area contributed by atoms with E-state index in [2.05, 4.69) is 14.6 Å². The largest absolute Gasteiger partial charge is 0.384 e. The van der Waals surface area contributed by atoms with Crippen molar-refractivity contribution >= 4 is 27.7 Å². The van der Waals surface area contributed by atoms with E-state index in [4.69, 9.17) is 5.73 Å². The third-order valence-corrected chi connectivity index (χ3v) is 2.28. The van der Waals surface area contributed by atoms with E-state index < -0.39 is 0 Å². The Morgan fingerprint density at radius 3 is 3.18 bits per heavy atom. The third kappa shape index (κ3) is 0.932. The summed E-state index contributed by atoms with van der Waals surface area (Å²) in [5.41, 5.74) is 7.24. The molecule has 0 atom stereocenters. The van der Waals surface area contributed by atoms with Crippen LogP contribution < -0.4 is 5.73 Å². The van der Waals surface area contributed by atoms with Crippen LogP contribution >= 0.6 is 11.5 Å². The topological polar surface area (TPSA) is 64.7 Å². The minimum absolute atomic E-state index is 0.503. The van der Waals surface area contributed by atoms with Gasteiger partial charge in [-0.15, -0.1) is 5.10 Å². The summed E-state index contributed by atoms with van der Waals surface area (Å²) in [4.78, 5) is 4.01. The van der Waals surface area contributed by atoms with Crippen molar-refractivity contribution in [3.63, 3.8) is 0 Å². The van der Waals surface area contributed by atoms with Crippen LogP contribution in [0.15, 0.2) is 6.07 Å². The van der Waals surface area contributed by atoms with E-state index in [1.807, 2.05) is 13.0 Å². The van der Waals surface area contributed by atoms with Crippen LogP contribution in [0.2, 0.25) is 0 Å². The summed E-state index contributed by atoms with van der Waals surface area (Å²) in [6.45, 7) is 1.97. The normalized spacial score (nSPS) is 10.6. The number of aromatic nitrogens is 3. The first kappa shape index (κ1) is 6.48. The van der Waals surface area contributed by atoms with Crippen LogP contribution in [0.25, 0.3) is 10.3 Å². The van der Waals surface area contributed by atoms with Gasteiger partial charge in [0.1, 0.15) is 5.82 Å². The maximum Gasteiger partial charge on any atom is 0.196 e. The van der Waals surface area contributed by atoms with Gasteiger partial charge >= 0.3 is 0 Å². The molecule has 0 bridgehead atoms. The van der Waals surface area contributed by atoms with E-state index in [0.717, 1.165) is 10.3 Å². The molecular formula is C6H6N4S. The molecular weight excluding hydrogens is 160 g/mol. The van der Waals surface area contributed by atoms with Crippen LogP contribution in [0.5, 0.6) is 0 Å². The molecule has 0 radical (unpaired) electrons. The minimum atomic E-state index is 0.503. The van der Waals surface area contributed by atoms with E-state index in [1.54, 1.807) is 0 Å². The molecule has 11 heavy (non-hydrogen) atoms. The fourth-order valence-corrected chi connectivity index (χ4v) is 1.52. The highest BCUT2D eigenvalue weighted by atomic mass is 32.1. The summed E-state index contributed by atoms with van der Waals surface area (Å²) in [6, 6.07) is 1.82. The summed E-state index contributed by atoms with van der Waals surface area (Å²) < 4.78 is 4.79. The van der Waals surface area contributed by atoms with Crippen molar-refractivity contribution in [3.05, 3.63) is 11.6 Å². The number of hydrogen-bond donors (Lipinski definition) is 1. The Morgan fingerprint density at radius 2 is 2.36 bits per heavy atom. The number of fused-ring (bicyclic) bond motifs is 1. The molecule has 0 aliphatic rings. The minimum Gasteiger partial charge on any atom is -0.384 e. The molecule has 0 aliphatic heterocycles. The number of pyridine rings is 1. The molecule has 0 amide bonds. The molecule has 0 spiro atoms. The predicted octanol–water partition coefficient (Wildman–Crippen LogP) is 0.977. The van der Waals surface area contributed by atoms with Crippen LogP contribution in [-0.4, -0.2) is 14.6 Å². The predicted molar refractivity (Wildman–Crippen MR) is 44.4 cm³/mol. The molecule has 0 aliphatic carbocycles. The van der Waals surface area contributed by atoms with Gasteiger partial charge in [-0.3, -0.25) is 0 Å². The van der Waals surface area contributed by atoms with Crippen LogP contribution in [0.3, 0.4) is 0 Å². The number of hydrogen-bond acceptors (Lipinski definition) is 5. The maximum absolute atomic E-state index is 5.51. The van der Waals surface area contributed by atoms with E-state index in [9.17, 15) is 0 Å². The molecule has 0 unspecified atom stereocenters. The van der Waals surface area contributed by atoms with Gasteiger partial charge in [0, 0.05) is 0 Å². The standard InChI is InChI=1S/C6H6N4S/c1-3-2-4(7)8-6-5(3)11-10-9-6/h2H,1H3,(H2,7,8). The van der Waals surface area contributed by atoms with Crippen LogP contribution in [0.4, 0.5) is 5.82 Å². The van der Waals surface area contributed by atoms with Crippen LogP contribution in [-0.2, 0) is 0 Å². The smallest absolute Gasteiger partial charge is 0.196 e. The number of aryl methyl sites for hydroxylation is 1. The second-order valence-electron chi connectivity index (χ2n) is 2.29. The SMILES string of the molecule is Cc1cc(N)nc2nnsc12. The number of rotatable bonds is 0. The lowest BCUT2D eigenvalue weighted by molar-refractivity contribution is 1.16. The summed E-state index contributed by atoms with van der Waals surface area (Å²) in [5, 5.41) is 3.82. The first-order chi connectivity index (χ1) is 5.27. The molecule has 56 valence electrons. The highest BCUT2D eigenvalue weighted by molar-refractivity contribution is 7.13. The zero-order valence-corrected chi connectivity index (χ0v) is 6.72. The maximum atomic E-state index is 5.51. The molecule has 2 N–H and O–H groups in total. The third-order valence-electron chi connectivity index (χ3n) is 1.43. The second-order valence-corrected chi connectivity index (χ2v) is 3.04. The lowest BCUT2D eigenvalue weighted by atomic mass is 10.3. The lowest BCUT2D eigenvalue weighted by Gasteiger charge is -1.93. The molecule has 4 nitrogen and oxygen atoms in total. The van der Waals surface area contributed by atoms with Crippen molar-refractivity contribution in [2.75, 3.05) is 5.73 Å². The fourth-order valence-electron chi connectivity index (χ4n) is 0.950. The second kappa shape index (κ2) is 2.13. The van der Waals surface area contributed by atoms with Gasteiger partial charge in [-0.25, -0.2) is 4.98 Å². The van der Waals surface area contributed by atoms with Gasteiger partial charge in [0.2, 0.25) is 0 Å². The first-order valence-corrected chi connectivity index (χ1v) is 3.90. The zero-order chi connectivity index (χ0) is 7.84. The Bertz CT molecular complexity index is 394. The van der Waals surface area contributed by atoms with Crippen molar-refractivity contribution in [3.8, 4) is 0 Å². The summed E-state index contributed by atoms with van der Waals surface area (Å²) in [6.07, 6.45) is 0. The van der Waals surface area contributed by atoms with E-state index in [0.29, 0.717) is 11.5 Å². The zero-order valence-electron chi connectivity index (χ0n) is 5.90. The Balaban J connectivity index is 2.91. The highest BCUT2D eigenvalue weighted by Crippen LogP contribution is 2.19. The van der Waals surface area contributed by atoms with Gasteiger partial charge in [-0.1, -0.05) is 4.49 Å². The van der Waals surface area contributed by atoms with Crippen molar-refractivity contribution in [2.45, 2.75) is 6.92 Å². The Hall–Kier alpha value is -1.23. The number of nitrogen functional groups attached to an aromatic ring is 1. The Morgan fingerprint density at radius 1 is 1.55 bits per heavy atom. The fraction of sp³-hybridized carbons (Fsp3) is 0.167. The first-order valence-electron chi connectivity index (χ1n) is 3.12. The molecule has 0 aromatic carbocycles. The van der Waals surface area contributed by atoms with Crippen LogP contribution in [0, 0.1) is 6.92 Å². The van der Waals surface area contributed by atoms with Gasteiger partial charge in [-0.05, 0) is 30.1 Å². The summed E-state index contributed by atoms with van der Waals surface area (Å²) in [5.74, 6) is 0.503. The molecule has 2 heterocycles. The molecule has 2 aromatic heterocycles. The number of nitrogens with two attached hydrogens (primary N) is 1. The number of nitrogens with zero attached hydrogens (tertiary/aromatic N) is 3. The lowest BCUT2D eigenvalue weighted by Crippen LogP contribution is -1.90. The average molecular weight is 166 g/mol. The number of anilines is 1. The molecule has 0 saturated heterocycles. The molecule has 0 saturated carbocycles. The van der Waals surface area contributed by atoms with Gasteiger partial charge < -0.3 is 5.73 Å². The van der Waals surface area contributed by atoms with Crippen molar-refractivity contribution in [1.82, 2.24) is 14.6 Å². The van der Waals surface area contributed by atoms with Gasteiger partial charge in [-0.2, -0.15) is 0 Å². The molecule has 2 aromatic rings. The van der Waals surface area contributed by atoms with Gasteiger partial charge in [0.05, 0.1) is 4.70 Å². The van der Waals surface area contributed by atoms with E-state index >= 15 is 0 Å². The Labute approximate surface area is 67.2 Å².